The lowest BCUT2D eigenvalue weighted by atomic mass is 10.1. The van der Waals surface area contributed by atoms with E-state index in [1.807, 2.05) is 67.6 Å². The quantitative estimate of drug-likeness (QED) is 0.313. The first-order valence-electron chi connectivity index (χ1n) is 10.0. The van der Waals surface area contributed by atoms with Gasteiger partial charge < -0.3 is 9.30 Å². The molecular formula is C26H21ClN2O2. The van der Waals surface area contributed by atoms with Crippen LogP contribution in [0.2, 0.25) is 5.02 Å². The molecule has 0 atom stereocenters. The summed E-state index contributed by atoms with van der Waals surface area (Å²) in [4.78, 5) is 16.7. The molecule has 0 amide bonds. The van der Waals surface area contributed by atoms with Crippen molar-refractivity contribution in [1.82, 2.24) is 9.55 Å². The third-order valence-electron chi connectivity index (χ3n) is 4.96. The average molecular weight is 429 g/mol. The summed E-state index contributed by atoms with van der Waals surface area (Å²) in [5.74, 6) is 6.81. The highest BCUT2D eigenvalue weighted by Gasteiger charge is 2.14. The fourth-order valence-electron chi connectivity index (χ4n) is 3.37. The molecule has 0 N–H and O–H groups in total. The fourth-order valence-corrected chi connectivity index (χ4v) is 3.61. The second-order valence-electron chi connectivity index (χ2n) is 7.09. The van der Waals surface area contributed by atoms with E-state index in [-0.39, 0.29) is 5.97 Å². The molecule has 154 valence electrons. The van der Waals surface area contributed by atoms with Crippen molar-refractivity contribution in [3.8, 4) is 11.8 Å². The first kappa shape index (κ1) is 20.7. The van der Waals surface area contributed by atoms with Crippen molar-refractivity contribution in [3.63, 3.8) is 0 Å². The smallest absolute Gasteiger partial charge is 0.338 e. The minimum absolute atomic E-state index is 0.338. The predicted molar refractivity (Wildman–Crippen MR) is 123 cm³/mol. The maximum atomic E-state index is 12.1. The van der Waals surface area contributed by atoms with E-state index in [0.717, 1.165) is 33.5 Å². The highest BCUT2D eigenvalue weighted by Crippen LogP contribution is 2.24. The number of carbonyl (C=O) groups excluding carboxylic acids is 1. The molecule has 0 unspecified atom stereocenters. The summed E-state index contributed by atoms with van der Waals surface area (Å²) in [5.41, 5.74) is 4.97. The van der Waals surface area contributed by atoms with Crippen LogP contribution in [0.5, 0.6) is 0 Å². The van der Waals surface area contributed by atoms with Gasteiger partial charge in [-0.3, -0.25) is 0 Å². The van der Waals surface area contributed by atoms with E-state index in [2.05, 4.69) is 21.4 Å². The van der Waals surface area contributed by atoms with Gasteiger partial charge in [-0.05, 0) is 61.9 Å². The van der Waals surface area contributed by atoms with Crippen molar-refractivity contribution < 1.29 is 9.53 Å². The Hall–Kier alpha value is -3.55. The van der Waals surface area contributed by atoms with E-state index in [4.69, 9.17) is 16.3 Å². The molecule has 4 nitrogen and oxygen atoms in total. The van der Waals surface area contributed by atoms with Gasteiger partial charge in [0.25, 0.3) is 0 Å². The highest BCUT2D eigenvalue weighted by molar-refractivity contribution is 6.31. The Balaban J connectivity index is 1.63. The molecule has 1 aromatic heterocycles. The number of aryl methyl sites for hydroxylation is 1. The number of halogens is 1. The average Bonchev–Trinajstić information content (AvgIpc) is 3.09. The maximum absolute atomic E-state index is 12.1. The topological polar surface area (TPSA) is 44.1 Å². The zero-order valence-corrected chi connectivity index (χ0v) is 18.1. The van der Waals surface area contributed by atoms with Gasteiger partial charge in [-0.1, -0.05) is 47.7 Å². The molecule has 5 heteroatoms. The summed E-state index contributed by atoms with van der Waals surface area (Å²) >= 11 is 6.58. The Labute approximate surface area is 186 Å². The molecule has 0 aliphatic carbocycles. The number of nitrogens with zero attached hydrogens (tertiary/aromatic N) is 2. The van der Waals surface area contributed by atoms with Crippen LogP contribution in [0.4, 0.5) is 0 Å². The molecule has 3 aromatic carbocycles. The number of imidazole rings is 1. The monoisotopic (exact) mass is 428 g/mol. The Morgan fingerprint density at radius 1 is 1.03 bits per heavy atom. The van der Waals surface area contributed by atoms with Gasteiger partial charge in [-0.15, -0.1) is 0 Å². The minimum Gasteiger partial charge on any atom is -0.462 e. The van der Waals surface area contributed by atoms with E-state index in [1.54, 1.807) is 13.0 Å². The van der Waals surface area contributed by atoms with E-state index < -0.39 is 0 Å². The van der Waals surface area contributed by atoms with Crippen LogP contribution in [-0.2, 0) is 11.3 Å². The molecule has 0 fully saturated rings. The third-order valence-corrected chi connectivity index (χ3v) is 5.31. The first-order chi connectivity index (χ1) is 15.0. The van der Waals surface area contributed by atoms with Crippen molar-refractivity contribution in [2.24, 2.45) is 0 Å². The van der Waals surface area contributed by atoms with Gasteiger partial charge in [0.1, 0.15) is 5.82 Å². The van der Waals surface area contributed by atoms with Gasteiger partial charge in [-0.2, -0.15) is 0 Å². The number of fused-ring (bicyclic) bond motifs is 1. The van der Waals surface area contributed by atoms with E-state index >= 15 is 0 Å². The number of rotatable bonds is 4. The van der Waals surface area contributed by atoms with Crippen molar-refractivity contribution in [2.75, 3.05) is 6.61 Å². The first-order valence-corrected chi connectivity index (χ1v) is 10.4. The van der Waals surface area contributed by atoms with Crippen molar-refractivity contribution in [2.45, 2.75) is 20.4 Å². The maximum Gasteiger partial charge on any atom is 0.338 e. The highest BCUT2D eigenvalue weighted by atomic mass is 35.5. The van der Waals surface area contributed by atoms with Gasteiger partial charge in [0.2, 0.25) is 0 Å². The number of hydrogen-bond acceptors (Lipinski definition) is 3. The van der Waals surface area contributed by atoms with Gasteiger partial charge >= 0.3 is 5.97 Å². The molecule has 0 aliphatic heterocycles. The lowest BCUT2D eigenvalue weighted by Gasteiger charge is -2.10. The molecule has 4 aromatic rings. The Morgan fingerprint density at radius 2 is 1.81 bits per heavy atom. The van der Waals surface area contributed by atoms with Gasteiger partial charge in [-0.25, -0.2) is 9.78 Å². The standard InChI is InChI=1S/C26H21ClN2O2/c1-3-31-26(30)21-13-14-24-25(16-21)29(18(2)28-24)17-22-12-11-20(15-23(22)27)10-9-19-7-5-4-6-8-19/h4-8,11-16H,3,17H2,1-2H3. The van der Waals surface area contributed by atoms with Crippen LogP contribution in [0.3, 0.4) is 0 Å². The van der Waals surface area contributed by atoms with Crippen molar-refractivity contribution in [3.05, 3.63) is 99.8 Å². The van der Waals surface area contributed by atoms with Crippen molar-refractivity contribution >= 4 is 28.6 Å². The Morgan fingerprint density at radius 3 is 2.55 bits per heavy atom. The van der Waals surface area contributed by atoms with Crippen LogP contribution in [0.25, 0.3) is 11.0 Å². The summed E-state index contributed by atoms with van der Waals surface area (Å²) in [6.45, 7) is 4.61. The molecule has 0 saturated carbocycles. The molecule has 4 rings (SSSR count). The normalized spacial score (nSPS) is 10.5. The Bertz CT molecular complexity index is 1310. The van der Waals surface area contributed by atoms with Crippen LogP contribution >= 0.6 is 11.6 Å². The van der Waals surface area contributed by atoms with Gasteiger partial charge in [0.15, 0.2) is 0 Å². The lowest BCUT2D eigenvalue weighted by molar-refractivity contribution is 0.0526. The molecule has 31 heavy (non-hydrogen) atoms. The second kappa shape index (κ2) is 9.07. The van der Waals surface area contributed by atoms with Crippen LogP contribution in [0, 0.1) is 18.8 Å². The SMILES string of the molecule is CCOC(=O)c1ccc2nc(C)n(Cc3ccc(C#Cc4ccccc4)cc3Cl)c2c1. The third kappa shape index (κ3) is 4.63. The van der Waals surface area contributed by atoms with E-state index in [9.17, 15) is 4.79 Å². The molecule has 0 bridgehead atoms. The van der Waals surface area contributed by atoms with Crippen LogP contribution in [-0.4, -0.2) is 22.1 Å². The van der Waals surface area contributed by atoms with Crippen LogP contribution in [0.15, 0.2) is 66.7 Å². The molecular weight excluding hydrogens is 408 g/mol. The summed E-state index contributed by atoms with van der Waals surface area (Å²) in [6.07, 6.45) is 0. The number of benzene rings is 3. The van der Waals surface area contributed by atoms with Gasteiger partial charge in [0.05, 0.1) is 29.7 Å². The fraction of sp³-hybridized carbons (Fsp3) is 0.154. The second-order valence-corrected chi connectivity index (χ2v) is 7.50. The number of aromatic nitrogens is 2. The minimum atomic E-state index is -0.339. The summed E-state index contributed by atoms with van der Waals surface area (Å²) < 4.78 is 7.18. The van der Waals surface area contributed by atoms with E-state index in [1.165, 1.54) is 0 Å². The zero-order valence-electron chi connectivity index (χ0n) is 17.4. The number of ether oxygens (including phenoxy) is 1. The molecule has 0 saturated heterocycles. The van der Waals surface area contributed by atoms with Crippen LogP contribution < -0.4 is 0 Å². The van der Waals surface area contributed by atoms with Crippen LogP contribution in [0.1, 0.15) is 39.8 Å². The van der Waals surface area contributed by atoms with E-state index in [0.29, 0.717) is 23.7 Å². The molecule has 0 spiro atoms. The zero-order chi connectivity index (χ0) is 21.8. The number of carbonyl (C=O) groups is 1. The lowest BCUT2D eigenvalue weighted by Crippen LogP contribution is -2.06. The molecule has 1 heterocycles. The number of esters is 1. The summed E-state index contributed by atoms with van der Waals surface area (Å²) in [5, 5.41) is 0.641. The summed E-state index contributed by atoms with van der Waals surface area (Å²) in [7, 11) is 0. The number of hydrogen-bond donors (Lipinski definition) is 0. The summed E-state index contributed by atoms with van der Waals surface area (Å²) in [6, 6.07) is 21.1. The van der Waals surface area contributed by atoms with Gasteiger partial charge in [0, 0.05) is 16.1 Å². The molecule has 0 radical (unpaired) electrons. The largest absolute Gasteiger partial charge is 0.462 e. The van der Waals surface area contributed by atoms with Crippen molar-refractivity contribution in [1.29, 1.82) is 0 Å². The molecule has 0 aliphatic rings. The Kier molecular flexibility index (Phi) is 6.06. The predicted octanol–water partition coefficient (Wildman–Crippen LogP) is 5.62.